The first-order valence-corrected chi connectivity index (χ1v) is 9.82. The highest BCUT2D eigenvalue weighted by atomic mass is 16.1. The normalized spacial score (nSPS) is 10.8. The Morgan fingerprint density at radius 2 is 1.60 bits per heavy atom. The molecular formula is C26H22N2O2. The van der Waals surface area contributed by atoms with Gasteiger partial charge in [0, 0.05) is 22.2 Å². The first-order valence-electron chi connectivity index (χ1n) is 9.82. The molecule has 0 saturated heterocycles. The zero-order chi connectivity index (χ0) is 21.3. The van der Waals surface area contributed by atoms with E-state index in [1.165, 1.54) is 6.92 Å². The van der Waals surface area contributed by atoms with Crippen molar-refractivity contribution >= 4 is 28.3 Å². The Morgan fingerprint density at radius 3 is 2.33 bits per heavy atom. The molecule has 4 aromatic rings. The van der Waals surface area contributed by atoms with Gasteiger partial charge in [0.05, 0.1) is 16.8 Å². The third kappa shape index (κ3) is 3.85. The van der Waals surface area contributed by atoms with Crippen molar-refractivity contribution in [1.29, 1.82) is 0 Å². The number of fused-ring (bicyclic) bond motifs is 1. The fourth-order valence-corrected chi connectivity index (χ4v) is 3.50. The van der Waals surface area contributed by atoms with E-state index in [1.54, 1.807) is 24.3 Å². The van der Waals surface area contributed by atoms with Gasteiger partial charge in [0.1, 0.15) is 0 Å². The molecule has 0 spiro atoms. The van der Waals surface area contributed by atoms with E-state index in [0.29, 0.717) is 16.8 Å². The molecule has 0 aliphatic heterocycles. The lowest BCUT2D eigenvalue weighted by Crippen LogP contribution is -2.13. The summed E-state index contributed by atoms with van der Waals surface area (Å²) in [4.78, 5) is 29.5. The maximum absolute atomic E-state index is 13.2. The standard InChI is InChI=1S/C26H22N2O2/c1-16-8-9-17(2)22(14-16)25-15-23(21-6-4-5-7-24(21)28-25)26(30)27-20-12-10-19(11-13-20)18(3)29/h4-15H,1-3H3,(H,27,30). The van der Waals surface area contributed by atoms with Crippen molar-refractivity contribution in [2.24, 2.45) is 0 Å². The number of aromatic nitrogens is 1. The maximum Gasteiger partial charge on any atom is 0.256 e. The number of anilines is 1. The van der Waals surface area contributed by atoms with E-state index in [1.807, 2.05) is 44.2 Å². The summed E-state index contributed by atoms with van der Waals surface area (Å²) in [7, 11) is 0. The van der Waals surface area contributed by atoms with Crippen molar-refractivity contribution in [3.05, 3.63) is 95.1 Å². The minimum absolute atomic E-state index is 0.00818. The molecule has 0 aliphatic carbocycles. The van der Waals surface area contributed by atoms with Gasteiger partial charge in [0.15, 0.2) is 5.78 Å². The van der Waals surface area contributed by atoms with Gasteiger partial charge in [-0.1, -0.05) is 35.9 Å². The number of ketones is 1. The first-order chi connectivity index (χ1) is 14.4. The number of benzene rings is 3. The fourth-order valence-electron chi connectivity index (χ4n) is 3.50. The maximum atomic E-state index is 13.2. The molecule has 1 N–H and O–H groups in total. The van der Waals surface area contributed by atoms with E-state index in [0.717, 1.165) is 33.3 Å². The number of nitrogens with zero attached hydrogens (tertiary/aromatic N) is 1. The van der Waals surface area contributed by atoms with Gasteiger partial charge in [-0.2, -0.15) is 0 Å². The Labute approximate surface area is 175 Å². The Bertz CT molecular complexity index is 1270. The van der Waals surface area contributed by atoms with Crippen LogP contribution in [0.15, 0.2) is 72.8 Å². The molecule has 4 nitrogen and oxygen atoms in total. The van der Waals surface area contributed by atoms with E-state index in [4.69, 9.17) is 4.98 Å². The molecule has 0 aliphatic rings. The second-order valence-electron chi connectivity index (χ2n) is 7.48. The van der Waals surface area contributed by atoms with Crippen LogP contribution in [0.5, 0.6) is 0 Å². The summed E-state index contributed by atoms with van der Waals surface area (Å²) in [5.74, 6) is -0.220. The van der Waals surface area contributed by atoms with Crippen LogP contribution in [0.2, 0.25) is 0 Å². The Balaban J connectivity index is 1.78. The van der Waals surface area contributed by atoms with Crippen LogP contribution in [0.4, 0.5) is 5.69 Å². The van der Waals surface area contributed by atoms with Crippen molar-refractivity contribution in [3.8, 4) is 11.3 Å². The summed E-state index contributed by atoms with van der Waals surface area (Å²) in [5, 5.41) is 3.74. The molecule has 1 aromatic heterocycles. The van der Waals surface area contributed by atoms with Crippen molar-refractivity contribution < 1.29 is 9.59 Å². The highest BCUT2D eigenvalue weighted by Crippen LogP contribution is 2.28. The van der Waals surface area contributed by atoms with Crippen molar-refractivity contribution in [1.82, 2.24) is 4.98 Å². The zero-order valence-electron chi connectivity index (χ0n) is 17.2. The van der Waals surface area contributed by atoms with Crippen LogP contribution in [-0.2, 0) is 0 Å². The number of hydrogen-bond donors (Lipinski definition) is 1. The van der Waals surface area contributed by atoms with Gasteiger partial charge < -0.3 is 5.32 Å². The molecule has 4 rings (SSSR count). The van der Waals surface area contributed by atoms with Crippen molar-refractivity contribution in [2.75, 3.05) is 5.32 Å². The molecule has 148 valence electrons. The van der Waals surface area contributed by atoms with Crippen LogP contribution >= 0.6 is 0 Å². The van der Waals surface area contributed by atoms with Crippen LogP contribution in [0, 0.1) is 13.8 Å². The molecule has 4 heteroatoms. The molecule has 0 saturated carbocycles. The highest BCUT2D eigenvalue weighted by Gasteiger charge is 2.15. The summed E-state index contributed by atoms with van der Waals surface area (Å²) in [6, 6.07) is 22.6. The van der Waals surface area contributed by atoms with Crippen LogP contribution in [0.1, 0.15) is 38.8 Å². The van der Waals surface area contributed by atoms with Crippen LogP contribution < -0.4 is 5.32 Å². The molecular weight excluding hydrogens is 372 g/mol. The quantitative estimate of drug-likeness (QED) is 0.434. The summed E-state index contributed by atoms with van der Waals surface area (Å²) in [6.07, 6.45) is 0. The van der Waals surface area contributed by atoms with E-state index < -0.39 is 0 Å². The smallest absolute Gasteiger partial charge is 0.256 e. The van der Waals surface area contributed by atoms with Crippen molar-refractivity contribution in [2.45, 2.75) is 20.8 Å². The van der Waals surface area contributed by atoms with Gasteiger partial charge in [-0.15, -0.1) is 0 Å². The average molecular weight is 394 g/mol. The predicted molar refractivity (Wildman–Crippen MR) is 121 cm³/mol. The Hall–Kier alpha value is -3.79. The number of rotatable bonds is 4. The summed E-state index contributed by atoms with van der Waals surface area (Å²) < 4.78 is 0. The lowest BCUT2D eigenvalue weighted by molar-refractivity contribution is 0.101. The number of carbonyl (C=O) groups is 2. The summed E-state index contributed by atoms with van der Waals surface area (Å²) in [6.45, 7) is 5.61. The number of para-hydroxylation sites is 1. The lowest BCUT2D eigenvalue weighted by Gasteiger charge is -2.12. The molecule has 3 aromatic carbocycles. The number of pyridine rings is 1. The molecule has 0 fully saturated rings. The molecule has 1 amide bonds. The third-order valence-electron chi connectivity index (χ3n) is 5.18. The zero-order valence-corrected chi connectivity index (χ0v) is 17.2. The monoisotopic (exact) mass is 394 g/mol. The second-order valence-corrected chi connectivity index (χ2v) is 7.48. The van der Waals surface area contributed by atoms with E-state index in [-0.39, 0.29) is 11.7 Å². The van der Waals surface area contributed by atoms with E-state index >= 15 is 0 Å². The third-order valence-corrected chi connectivity index (χ3v) is 5.18. The number of hydrogen-bond acceptors (Lipinski definition) is 3. The lowest BCUT2D eigenvalue weighted by atomic mass is 9.99. The molecule has 30 heavy (non-hydrogen) atoms. The molecule has 0 bridgehead atoms. The van der Waals surface area contributed by atoms with Crippen molar-refractivity contribution in [3.63, 3.8) is 0 Å². The van der Waals surface area contributed by atoms with E-state index in [9.17, 15) is 9.59 Å². The fraction of sp³-hybridized carbons (Fsp3) is 0.115. The molecule has 0 atom stereocenters. The number of Topliss-reactive ketones (excluding diaryl/α,β-unsaturated/α-hetero) is 1. The first kappa shape index (κ1) is 19.5. The number of aryl methyl sites for hydroxylation is 2. The summed E-state index contributed by atoms with van der Waals surface area (Å²) in [5.41, 5.74) is 6.61. The van der Waals surface area contributed by atoms with Crippen LogP contribution in [0.3, 0.4) is 0 Å². The molecule has 0 radical (unpaired) electrons. The minimum Gasteiger partial charge on any atom is -0.322 e. The number of carbonyl (C=O) groups excluding carboxylic acids is 2. The van der Waals surface area contributed by atoms with E-state index in [2.05, 4.69) is 23.5 Å². The highest BCUT2D eigenvalue weighted by molar-refractivity contribution is 6.13. The van der Waals surface area contributed by atoms with Gasteiger partial charge in [-0.3, -0.25) is 9.59 Å². The Kier molecular flexibility index (Phi) is 5.15. The van der Waals surface area contributed by atoms with Gasteiger partial charge in [-0.25, -0.2) is 4.98 Å². The van der Waals surface area contributed by atoms with Gasteiger partial charge in [-0.05, 0) is 68.8 Å². The topological polar surface area (TPSA) is 59.1 Å². The SMILES string of the molecule is CC(=O)c1ccc(NC(=O)c2cc(-c3cc(C)ccc3C)nc3ccccc23)cc1. The predicted octanol–water partition coefficient (Wildman–Crippen LogP) is 5.97. The van der Waals surface area contributed by atoms with Crippen LogP contribution in [0.25, 0.3) is 22.2 Å². The van der Waals surface area contributed by atoms with Gasteiger partial charge in [0.25, 0.3) is 5.91 Å². The minimum atomic E-state index is -0.212. The van der Waals surface area contributed by atoms with Gasteiger partial charge in [0.2, 0.25) is 0 Å². The number of nitrogens with one attached hydrogen (secondary N) is 1. The Morgan fingerprint density at radius 1 is 0.867 bits per heavy atom. The van der Waals surface area contributed by atoms with Gasteiger partial charge >= 0.3 is 0 Å². The number of amides is 1. The average Bonchev–Trinajstić information content (AvgIpc) is 2.75. The molecule has 0 unspecified atom stereocenters. The van der Waals surface area contributed by atoms with Crippen LogP contribution in [-0.4, -0.2) is 16.7 Å². The largest absolute Gasteiger partial charge is 0.322 e. The summed E-state index contributed by atoms with van der Waals surface area (Å²) >= 11 is 0. The molecule has 1 heterocycles. The second kappa shape index (κ2) is 7.91.